The zero-order valence-corrected chi connectivity index (χ0v) is 10.7. The maximum absolute atomic E-state index is 5.35. The summed E-state index contributed by atoms with van der Waals surface area (Å²) in [6.45, 7) is 1.75. The van der Waals surface area contributed by atoms with Crippen molar-refractivity contribution in [2.24, 2.45) is 0 Å². The highest BCUT2D eigenvalue weighted by Gasteiger charge is 2.16. The summed E-state index contributed by atoms with van der Waals surface area (Å²) in [5.41, 5.74) is 2.49. The zero-order valence-electron chi connectivity index (χ0n) is 10.7. The van der Waals surface area contributed by atoms with Crippen LogP contribution in [0.2, 0.25) is 0 Å². The number of hydrogen-bond acceptors (Lipinski definition) is 3. The standard InChI is InChI=1S/C14H21NO2/c1-16-10-11-7-12(9-13(8-11)17-2)14-5-3-4-6-15-14/h7-9,14-15H,3-6,10H2,1-2H3. The van der Waals surface area contributed by atoms with E-state index < -0.39 is 0 Å². The molecule has 1 fully saturated rings. The molecule has 3 nitrogen and oxygen atoms in total. The number of piperidine rings is 1. The zero-order chi connectivity index (χ0) is 12.1. The smallest absolute Gasteiger partial charge is 0.119 e. The maximum atomic E-state index is 5.35. The van der Waals surface area contributed by atoms with Crippen LogP contribution in [0.25, 0.3) is 0 Å². The molecule has 0 aliphatic carbocycles. The Morgan fingerprint density at radius 2 is 2.12 bits per heavy atom. The highest BCUT2D eigenvalue weighted by molar-refractivity contribution is 5.36. The van der Waals surface area contributed by atoms with E-state index in [0.717, 1.165) is 12.3 Å². The third-order valence-electron chi connectivity index (χ3n) is 3.25. The first kappa shape index (κ1) is 12.4. The van der Waals surface area contributed by atoms with Crippen molar-refractivity contribution in [3.63, 3.8) is 0 Å². The number of methoxy groups -OCH3 is 2. The van der Waals surface area contributed by atoms with Crippen LogP contribution in [0.5, 0.6) is 5.75 Å². The van der Waals surface area contributed by atoms with Crippen LogP contribution in [0.1, 0.15) is 36.4 Å². The van der Waals surface area contributed by atoms with Crippen molar-refractivity contribution in [2.45, 2.75) is 31.9 Å². The van der Waals surface area contributed by atoms with Gasteiger partial charge in [0.25, 0.3) is 0 Å². The Morgan fingerprint density at radius 1 is 1.24 bits per heavy atom. The molecule has 2 rings (SSSR count). The fourth-order valence-corrected chi connectivity index (χ4v) is 2.39. The number of ether oxygens (including phenoxy) is 2. The quantitative estimate of drug-likeness (QED) is 0.870. The monoisotopic (exact) mass is 235 g/mol. The molecule has 1 saturated heterocycles. The Balaban J connectivity index is 2.21. The topological polar surface area (TPSA) is 30.5 Å². The molecule has 0 bridgehead atoms. The molecular weight excluding hydrogens is 214 g/mol. The van der Waals surface area contributed by atoms with Crippen molar-refractivity contribution in [1.82, 2.24) is 5.32 Å². The number of hydrogen-bond donors (Lipinski definition) is 1. The Kier molecular flexibility index (Phi) is 4.40. The van der Waals surface area contributed by atoms with Gasteiger partial charge in [-0.1, -0.05) is 12.5 Å². The lowest BCUT2D eigenvalue weighted by atomic mass is 9.96. The van der Waals surface area contributed by atoms with E-state index in [-0.39, 0.29) is 0 Å². The Bertz CT molecular complexity index is 359. The Labute approximate surface area is 103 Å². The van der Waals surface area contributed by atoms with Crippen LogP contribution in [0.3, 0.4) is 0 Å². The normalized spacial score (nSPS) is 20.2. The van der Waals surface area contributed by atoms with Gasteiger partial charge in [-0.25, -0.2) is 0 Å². The molecule has 1 aromatic carbocycles. The van der Waals surface area contributed by atoms with Crippen molar-refractivity contribution in [3.05, 3.63) is 29.3 Å². The minimum atomic E-state index is 0.467. The van der Waals surface area contributed by atoms with Gasteiger partial charge in [0.2, 0.25) is 0 Å². The summed E-state index contributed by atoms with van der Waals surface area (Å²) in [7, 11) is 3.43. The van der Waals surface area contributed by atoms with E-state index in [1.54, 1.807) is 14.2 Å². The molecule has 1 unspecified atom stereocenters. The third-order valence-corrected chi connectivity index (χ3v) is 3.25. The fourth-order valence-electron chi connectivity index (χ4n) is 2.39. The predicted octanol–water partition coefficient (Wildman–Crippen LogP) is 2.66. The average Bonchev–Trinajstić information content (AvgIpc) is 2.40. The van der Waals surface area contributed by atoms with Gasteiger partial charge < -0.3 is 14.8 Å². The largest absolute Gasteiger partial charge is 0.497 e. The van der Waals surface area contributed by atoms with Crippen molar-refractivity contribution in [3.8, 4) is 5.75 Å². The molecule has 0 spiro atoms. The van der Waals surface area contributed by atoms with Crippen LogP contribution in [0, 0.1) is 0 Å². The van der Waals surface area contributed by atoms with Gasteiger partial charge in [-0.15, -0.1) is 0 Å². The molecule has 3 heteroatoms. The van der Waals surface area contributed by atoms with Gasteiger partial charge in [0.05, 0.1) is 13.7 Å². The van der Waals surface area contributed by atoms with Gasteiger partial charge in [-0.05, 0) is 42.6 Å². The van der Waals surface area contributed by atoms with Crippen LogP contribution in [-0.4, -0.2) is 20.8 Å². The van der Waals surface area contributed by atoms with Crippen LogP contribution >= 0.6 is 0 Å². The first-order valence-electron chi connectivity index (χ1n) is 6.23. The van der Waals surface area contributed by atoms with E-state index in [0.29, 0.717) is 12.6 Å². The number of benzene rings is 1. The van der Waals surface area contributed by atoms with Crippen molar-refractivity contribution in [2.75, 3.05) is 20.8 Å². The van der Waals surface area contributed by atoms with Crippen LogP contribution in [0.4, 0.5) is 0 Å². The molecule has 1 aliphatic heterocycles. The molecule has 0 amide bonds. The Hall–Kier alpha value is -1.06. The minimum Gasteiger partial charge on any atom is -0.497 e. The molecule has 1 heterocycles. The molecule has 1 atom stereocenters. The first-order chi connectivity index (χ1) is 8.33. The second-order valence-electron chi connectivity index (χ2n) is 4.55. The maximum Gasteiger partial charge on any atom is 0.119 e. The van der Waals surface area contributed by atoms with Crippen LogP contribution < -0.4 is 10.1 Å². The van der Waals surface area contributed by atoms with Gasteiger partial charge in [0.1, 0.15) is 5.75 Å². The van der Waals surface area contributed by atoms with E-state index in [1.807, 2.05) is 6.07 Å². The Morgan fingerprint density at radius 3 is 2.76 bits per heavy atom. The summed E-state index contributed by atoms with van der Waals surface area (Å²) >= 11 is 0. The van der Waals surface area contributed by atoms with Gasteiger partial charge in [-0.3, -0.25) is 0 Å². The van der Waals surface area contributed by atoms with E-state index in [1.165, 1.54) is 30.4 Å². The molecule has 0 aromatic heterocycles. The summed E-state index contributed by atoms with van der Waals surface area (Å²) < 4.78 is 10.5. The van der Waals surface area contributed by atoms with Gasteiger partial charge in [-0.2, -0.15) is 0 Å². The van der Waals surface area contributed by atoms with Gasteiger partial charge in [0.15, 0.2) is 0 Å². The van der Waals surface area contributed by atoms with Crippen LogP contribution in [-0.2, 0) is 11.3 Å². The highest BCUT2D eigenvalue weighted by atomic mass is 16.5. The number of nitrogens with one attached hydrogen (secondary N) is 1. The highest BCUT2D eigenvalue weighted by Crippen LogP contribution is 2.27. The van der Waals surface area contributed by atoms with E-state index in [9.17, 15) is 0 Å². The third kappa shape index (κ3) is 3.20. The SMILES string of the molecule is COCc1cc(OC)cc(C2CCCCN2)c1. The predicted molar refractivity (Wildman–Crippen MR) is 68.3 cm³/mol. The van der Waals surface area contributed by atoms with Crippen LogP contribution in [0.15, 0.2) is 18.2 Å². The summed E-state index contributed by atoms with van der Waals surface area (Å²) in [5, 5.41) is 3.56. The summed E-state index contributed by atoms with van der Waals surface area (Å²) in [6, 6.07) is 6.85. The molecule has 1 aliphatic rings. The van der Waals surface area contributed by atoms with E-state index >= 15 is 0 Å². The van der Waals surface area contributed by atoms with Crippen molar-refractivity contribution in [1.29, 1.82) is 0 Å². The fraction of sp³-hybridized carbons (Fsp3) is 0.571. The second kappa shape index (κ2) is 6.03. The lowest BCUT2D eigenvalue weighted by molar-refractivity contribution is 0.184. The second-order valence-corrected chi connectivity index (χ2v) is 4.55. The molecular formula is C14H21NO2. The van der Waals surface area contributed by atoms with Crippen molar-refractivity contribution < 1.29 is 9.47 Å². The summed E-state index contributed by atoms with van der Waals surface area (Å²) in [5.74, 6) is 0.918. The molecule has 1 aromatic rings. The lowest BCUT2D eigenvalue weighted by Crippen LogP contribution is -2.26. The first-order valence-corrected chi connectivity index (χ1v) is 6.23. The summed E-state index contributed by atoms with van der Waals surface area (Å²) in [6.07, 6.45) is 3.79. The average molecular weight is 235 g/mol. The molecule has 1 N–H and O–H groups in total. The van der Waals surface area contributed by atoms with Gasteiger partial charge in [0, 0.05) is 13.2 Å². The molecule has 0 saturated carbocycles. The summed E-state index contributed by atoms with van der Waals surface area (Å²) in [4.78, 5) is 0. The van der Waals surface area contributed by atoms with E-state index in [4.69, 9.17) is 9.47 Å². The van der Waals surface area contributed by atoms with Crippen molar-refractivity contribution >= 4 is 0 Å². The van der Waals surface area contributed by atoms with Gasteiger partial charge >= 0.3 is 0 Å². The number of rotatable bonds is 4. The molecule has 94 valence electrons. The molecule has 17 heavy (non-hydrogen) atoms. The molecule has 0 radical (unpaired) electrons. The lowest BCUT2D eigenvalue weighted by Gasteiger charge is -2.24. The minimum absolute atomic E-state index is 0.467. The van der Waals surface area contributed by atoms with E-state index in [2.05, 4.69) is 17.4 Å².